The molecule has 5 heteroatoms. The van der Waals surface area contributed by atoms with Crippen molar-refractivity contribution < 1.29 is 12.8 Å². The van der Waals surface area contributed by atoms with Crippen LogP contribution in [0.2, 0.25) is 0 Å². The van der Waals surface area contributed by atoms with Crippen LogP contribution in [0, 0.1) is 12.7 Å². The summed E-state index contributed by atoms with van der Waals surface area (Å²) in [7, 11) is -3.57. The average molecular weight is 307 g/mol. The Hall–Kier alpha value is -1.72. The normalized spacial score (nSPS) is 11.5. The quantitative estimate of drug-likeness (QED) is 0.834. The van der Waals surface area contributed by atoms with Gasteiger partial charge in [0.05, 0.1) is 4.90 Å². The van der Waals surface area contributed by atoms with Gasteiger partial charge in [-0.1, -0.05) is 30.3 Å². The third kappa shape index (κ3) is 4.37. The van der Waals surface area contributed by atoms with Gasteiger partial charge in [0, 0.05) is 6.54 Å². The van der Waals surface area contributed by atoms with E-state index < -0.39 is 15.8 Å². The molecule has 2 aromatic carbocycles. The maximum Gasteiger partial charge on any atom is 0.240 e. The van der Waals surface area contributed by atoms with Crippen LogP contribution < -0.4 is 4.72 Å². The Morgan fingerprint density at radius 3 is 2.48 bits per heavy atom. The molecule has 0 fully saturated rings. The summed E-state index contributed by atoms with van der Waals surface area (Å²) in [5.41, 5.74) is 1.50. The minimum absolute atomic E-state index is 0.0983. The van der Waals surface area contributed by atoms with Crippen LogP contribution in [0.1, 0.15) is 17.5 Å². The van der Waals surface area contributed by atoms with Gasteiger partial charge in [0.25, 0.3) is 0 Å². The molecule has 0 radical (unpaired) electrons. The molecule has 2 rings (SSSR count). The summed E-state index contributed by atoms with van der Waals surface area (Å²) in [5, 5.41) is 0. The van der Waals surface area contributed by atoms with E-state index in [1.54, 1.807) is 6.92 Å². The van der Waals surface area contributed by atoms with Crippen molar-refractivity contribution in [3.8, 4) is 0 Å². The van der Waals surface area contributed by atoms with Gasteiger partial charge < -0.3 is 0 Å². The summed E-state index contributed by atoms with van der Waals surface area (Å²) in [5.74, 6) is -0.405. The number of hydrogen-bond donors (Lipinski definition) is 1. The molecule has 0 bridgehead atoms. The first kappa shape index (κ1) is 15.7. The Morgan fingerprint density at radius 1 is 1.10 bits per heavy atom. The lowest BCUT2D eigenvalue weighted by Gasteiger charge is -2.08. The molecule has 0 heterocycles. The van der Waals surface area contributed by atoms with Crippen LogP contribution >= 0.6 is 0 Å². The lowest BCUT2D eigenvalue weighted by molar-refractivity contribution is 0.577. The molecular weight excluding hydrogens is 289 g/mol. The van der Waals surface area contributed by atoms with Gasteiger partial charge in [-0.05, 0) is 49.1 Å². The van der Waals surface area contributed by atoms with E-state index in [4.69, 9.17) is 0 Å². The standard InChI is InChI=1S/C16H18FNO2S/c1-13-12-15(9-10-16(13)17)21(19,20)18-11-5-8-14-6-3-2-4-7-14/h2-4,6-7,9-10,12,18H,5,8,11H2,1H3. The van der Waals surface area contributed by atoms with Gasteiger partial charge in [-0.2, -0.15) is 0 Å². The third-order valence-corrected chi connectivity index (χ3v) is 4.68. The maximum atomic E-state index is 13.2. The molecule has 0 aliphatic heterocycles. The number of aryl methyl sites for hydroxylation is 2. The molecule has 1 N–H and O–H groups in total. The minimum Gasteiger partial charge on any atom is -0.211 e. The van der Waals surface area contributed by atoms with Crippen LogP contribution in [0.5, 0.6) is 0 Å². The summed E-state index contributed by atoms with van der Waals surface area (Å²) in [6.07, 6.45) is 1.52. The summed E-state index contributed by atoms with van der Waals surface area (Å²) >= 11 is 0. The summed E-state index contributed by atoms with van der Waals surface area (Å²) in [6.45, 7) is 1.90. The Kier molecular flexibility index (Phi) is 5.09. The topological polar surface area (TPSA) is 46.2 Å². The molecule has 0 aromatic heterocycles. The molecule has 21 heavy (non-hydrogen) atoms. The van der Waals surface area contributed by atoms with Crippen LogP contribution in [0.3, 0.4) is 0 Å². The van der Waals surface area contributed by atoms with Crippen molar-refractivity contribution in [3.63, 3.8) is 0 Å². The first-order valence-corrected chi connectivity index (χ1v) is 8.27. The van der Waals surface area contributed by atoms with Gasteiger partial charge in [0.2, 0.25) is 10.0 Å². The van der Waals surface area contributed by atoms with Crippen molar-refractivity contribution >= 4 is 10.0 Å². The highest BCUT2D eigenvalue weighted by molar-refractivity contribution is 7.89. The second-order valence-corrected chi connectivity index (χ2v) is 6.66. The van der Waals surface area contributed by atoms with Crippen molar-refractivity contribution in [2.45, 2.75) is 24.7 Å². The van der Waals surface area contributed by atoms with Gasteiger partial charge in [0.15, 0.2) is 0 Å². The van der Waals surface area contributed by atoms with Gasteiger partial charge >= 0.3 is 0 Å². The van der Waals surface area contributed by atoms with E-state index in [0.29, 0.717) is 18.5 Å². The van der Waals surface area contributed by atoms with Gasteiger partial charge in [0.1, 0.15) is 5.82 Å². The van der Waals surface area contributed by atoms with Crippen molar-refractivity contribution in [2.24, 2.45) is 0 Å². The van der Waals surface area contributed by atoms with E-state index in [2.05, 4.69) is 4.72 Å². The Bertz CT molecular complexity index is 699. The number of sulfonamides is 1. The molecule has 0 unspecified atom stereocenters. The van der Waals surface area contributed by atoms with Crippen molar-refractivity contribution in [3.05, 3.63) is 65.5 Å². The lowest BCUT2D eigenvalue weighted by Crippen LogP contribution is -2.25. The molecular formula is C16H18FNO2S. The van der Waals surface area contributed by atoms with Crippen LogP contribution in [-0.4, -0.2) is 15.0 Å². The molecule has 0 spiro atoms. The van der Waals surface area contributed by atoms with Crippen molar-refractivity contribution in [2.75, 3.05) is 6.54 Å². The summed E-state index contributed by atoms with van der Waals surface area (Å²) < 4.78 is 39.9. The third-order valence-electron chi connectivity index (χ3n) is 3.22. The fourth-order valence-electron chi connectivity index (χ4n) is 2.01. The van der Waals surface area contributed by atoms with Gasteiger partial charge in [-0.3, -0.25) is 0 Å². The van der Waals surface area contributed by atoms with E-state index in [0.717, 1.165) is 6.42 Å². The van der Waals surface area contributed by atoms with Gasteiger partial charge in [-0.15, -0.1) is 0 Å². The SMILES string of the molecule is Cc1cc(S(=O)(=O)NCCCc2ccccc2)ccc1F. The first-order chi connectivity index (χ1) is 9.99. The highest BCUT2D eigenvalue weighted by Gasteiger charge is 2.14. The summed E-state index contributed by atoms with van der Waals surface area (Å²) in [6, 6.07) is 13.7. The van der Waals surface area contributed by atoms with Gasteiger partial charge in [-0.25, -0.2) is 17.5 Å². The maximum absolute atomic E-state index is 13.2. The van der Waals surface area contributed by atoms with Crippen LogP contribution in [-0.2, 0) is 16.4 Å². The number of halogens is 1. The second kappa shape index (κ2) is 6.83. The number of benzene rings is 2. The van der Waals surface area contributed by atoms with Crippen molar-refractivity contribution in [1.82, 2.24) is 4.72 Å². The zero-order valence-corrected chi connectivity index (χ0v) is 12.7. The van der Waals surface area contributed by atoms with Crippen LogP contribution in [0.4, 0.5) is 4.39 Å². The zero-order valence-electron chi connectivity index (χ0n) is 11.8. The molecule has 0 aliphatic rings. The molecule has 3 nitrogen and oxygen atoms in total. The van der Waals surface area contributed by atoms with Crippen LogP contribution in [0.15, 0.2) is 53.4 Å². The average Bonchev–Trinajstić information content (AvgIpc) is 2.47. The minimum atomic E-state index is -3.57. The van der Waals surface area contributed by atoms with E-state index in [1.807, 2.05) is 30.3 Å². The molecule has 112 valence electrons. The zero-order chi connectivity index (χ0) is 15.3. The highest BCUT2D eigenvalue weighted by atomic mass is 32.2. The predicted molar refractivity (Wildman–Crippen MR) is 81.1 cm³/mol. The lowest BCUT2D eigenvalue weighted by atomic mass is 10.1. The molecule has 2 aromatic rings. The molecule has 0 aliphatic carbocycles. The first-order valence-electron chi connectivity index (χ1n) is 6.79. The van der Waals surface area contributed by atoms with E-state index in [1.165, 1.54) is 23.8 Å². The van der Waals surface area contributed by atoms with Crippen LogP contribution in [0.25, 0.3) is 0 Å². The Labute approximate surface area is 124 Å². The largest absolute Gasteiger partial charge is 0.240 e. The smallest absolute Gasteiger partial charge is 0.211 e. The second-order valence-electron chi connectivity index (χ2n) is 4.90. The Balaban J connectivity index is 1.91. The monoisotopic (exact) mass is 307 g/mol. The molecule has 0 saturated heterocycles. The number of hydrogen-bond acceptors (Lipinski definition) is 2. The summed E-state index contributed by atoms with van der Waals surface area (Å²) in [4.78, 5) is 0.0983. The van der Waals surface area contributed by atoms with E-state index >= 15 is 0 Å². The number of rotatable bonds is 6. The van der Waals surface area contributed by atoms with E-state index in [9.17, 15) is 12.8 Å². The molecule has 0 atom stereocenters. The fourth-order valence-corrected chi connectivity index (χ4v) is 3.17. The predicted octanol–water partition coefficient (Wildman–Crippen LogP) is 3.05. The Morgan fingerprint density at radius 2 is 1.81 bits per heavy atom. The van der Waals surface area contributed by atoms with E-state index in [-0.39, 0.29) is 4.90 Å². The highest BCUT2D eigenvalue weighted by Crippen LogP contribution is 2.14. The molecule has 0 amide bonds. The van der Waals surface area contributed by atoms with Crippen molar-refractivity contribution in [1.29, 1.82) is 0 Å². The number of nitrogens with one attached hydrogen (secondary N) is 1. The molecule has 0 saturated carbocycles. The fraction of sp³-hybridized carbons (Fsp3) is 0.250.